The molecule has 0 radical (unpaired) electrons. The molecule has 1 N–H and O–H groups in total. The lowest BCUT2D eigenvalue weighted by Gasteiger charge is -2.20. The second-order valence-electron chi connectivity index (χ2n) is 6.92. The van der Waals surface area contributed by atoms with Gasteiger partial charge < -0.3 is 9.63 Å². The van der Waals surface area contributed by atoms with Crippen LogP contribution in [0, 0.1) is 5.92 Å². The Kier molecular flexibility index (Phi) is 3.08. The van der Waals surface area contributed by atoms with Crippen molar-refractivity contribution >= 4 is 5.97 Å². The Morgan fingerprint density at radius 3 is 2.75 bits per heavy atom. The summed E-state index contributed by atoms with van der Waals surface area (Å²) in [5.41, 5.74) is -0.154. The topological polar surface area (TPSA) is 79.5 Å². The fourth-order valence-electron chi connectivity index (χ4n) is 3.40. The van der Waals surface area contributed by atoms with Gasteiger partial charge in [-0.3, -0.25) is 9.69 Å². The van der Waals surface area contributed by atoms with Gasteiger partial charge in [0.15, 0.2) is 5.82 Å². The van der Waals surface area contributed by atoms with E-state index in [2.05, 4.69) is 15.0 Å². The number of hydrogen-bond acceptors (Lipinski definition) is 5. The average molecular weight is 279 g/mol. The van der Waals surface area contributed by atoms with Crippen LogP contribution in [0.15, 0.2) is 4.52 Å². The van der Waals surface area contributed by atoms with Crippen molar-refractivity contribution < 1.29 is 14.4 Å². The zero-order chi connectivity index (χ0) is 14.5. The number of rotatable bonds is 3. The van der Waals surface area contributed by atoms with Gasteiger partial charge in [0.2, 0.25) is 5.89 Å². The summed E-state index contributed by atoms with van der Waals surface area (Å²) in [6.45, 7) is 6.69. The highest BCUT2D eigenvalue weighted by Crippen LogP contribution is 2.42. The first-order valence-electron chi connectivity index (χ1n) is 7.18. The SMILES string of the molecule is CC(C)(C)c1nc(CN2C3CCC2C(C(=O)O)C3)no1. The van der Waals surface area contributed by atoms with Crippen molar-refractivity contribution in [3.05, 3.63) is 11.7 Å². The van der Waals surface area contributed by atoms with Crippen molar-refractivity contribution in [1.29, 1.82) is 0 Å². The molecule has 6 heteroatoms. The summed E-state index contributed by atoms with van der Waals surface area (Å²) in [7, 11) is 0. The molecule has 3 heterocycles. The lowest BCUT2D eigenvalue weighted by molar-refractivity contribution is -0.142. The number of aromatic nitrogens is 2. The summed E-state index contributed by atoms with van der Waals surface area (Å²) in [5.74, 6) is 0.389. The maximum atomic E-state index is 11.2. The van der Waals surface area contributed by atoms with Crippen molar-refractivity contribution in [2.24, 2.45) is 5.92 Å². The van der Waals surface area contributed by atoms with E-state index >= 15 is 0 Å². The summed E-state index contributed by atoms with van der Waals surface area (Å²) >= 11 is 0. The minimum atomic E-state index is -0.675. The summed E-state index contributed by atoms with van der Waals surface area (Å²) in [4.78, 5) is 17.9. The molecular formula is C14H21N3O3. The number of hydrogen-bond donors (Lipinski definition) is 1. The predicted molar refractivity (Wildman–Crippen MR) is 71.1 cm³/mol. The van der Waals surface area contributed by atoms with E-state index in [-0.39, 0.29) is 17.4 Å². The zero-order valence-electron chi connectivity index (χ0n) is 12.2. The van der Waals surface area contributed by atoms with Gasteiger partial charge in [0.25, 0.3) is 0 Å². The molecule has 0 spiro atoms. The van der Waals surface area contributed by atoms with E-state index in [0.717, 1.165) is 19.3 Å². The number of aliphatic carboxylic acids is 1. The quantitative estimate of drug-likeness (QED) is 0.909. The van der Waals surface area contributed by atoms with Gasteiger partial charge in [0.05, 0.1) is 12.5 Å². The predicted octanol–water partition coefficient (Wildman–Crippen LogP) is 1.80. The molecule has 3 rings (SSSR count). The van der Waals surface area contributed by atoms with Gasteiger partial charge in [-0.1, -0.05) is 25.9 Å². The number of nitrogens with zero attached hydrogens (tertiary/aromatic N) is 3. The molecular weight excluding hydrogens is 258 g/mol. The molecule has 3 unspecified atom stereocenters. The number of fused-ring (bicyclic) bond motifs is 2. The monoisotopic (exact) mass is 279 g/mol. The van der Waals surface area contributed by atoms with E-state index < -0.39 is 5.97 Å². The number of carbonyl (C=O) groups is 1. The smallest absolute Gasteiger partial charge is 0.308 e. The highest BCUT2D eigenvalue weighted by atomic mass is 16.5. The van der Waals surface area contributed by atoms with Gasteiger partial charge in [-0.25, -0.2) is 0 Å². The Balaban J connectivity index is 1.73. The van der Waals surface area contributed by atoms with Gasteiger partial charge in [0, 0.05) is 17.5 Å². The Morgan fingerprint density at radius 2 is 2.20 bits per heavy atom. The standard InChI is InChI=1S/C14H21N3O3/c1-14(2,3)13-15-11(16-20-13)7-17-8-4-5-10(17)9(6-8)12(18)19/h8-10H,4-7H2,1-3H3,(H,18,19). The number of carboxylic acid groups (broad SMARTS) is 1. The lowest BCUT2D eigenvalue weighted by atomic mass is 9.89. The third kappa shape index (κ3) is 2.22. The van der Waals surface area contributed by atoms with Crippen LogP contribution in [0.2, 0.25) is 0 Å². The Hall–Kier alpha value is -1.43. The zero-order valence-corrected chi connectivity index (χ0v) is 12.2. The van der Waals surface area contributed by atoms with E-state index in [4.69, 9.17) is 4.52 Å². The molecule has 0 aliphatic carbocycles. The third-order valence-corrected chi connectivity index (χ3v) is 4.43. The van der Waals surface area contributed by atoms with Crippen molar-refractivity contribution in [3.8, 4) is 0 Å². The fourth-order valence-corrected chi connectivity index (χ4v) is 3.40. The van der Waals surface area contributed by atoms with Crippen LogP contribution in [-0.2, 0) is 16.8 Å². The molecule has 1 aromatic heterocycles. The molecule has 0 aromatic carbocycles. The van der Waals surface area contributed by atoms with Crippen molar-refractivity contribution in [2.45, 2.75) is 64.1 Å². The molecule has 0 saturated carbocycles. The van der Waals surface area contributed by atoms with Crippen LogP contribution in [0.3, 0.4) is 0 Å². The van der Waals surface area contributed by atoms with Crippen LogP contribution in [-0.4, -0.2) is 38.2 Å². The van der Waals surface area contributed by atoms with E-state index in [9.17, 15) is 9.90 Å². The largest absolute Gasteiger partial charge is 0.481 e. The molecule has 2 fully saturated rings. The fraction of sp³-hybridized carbons (Fsp3) is 0.786. The molecule has 1 aromatic rings. The van der Waals surface area contributed by atoms with Crippen LogP contribution in [0.5, 0.6) is 0 Å². The van der Waals surface area contributed by atoms with Crippen LogP contribution < -0.4 is 0 Å². The van der Waals surface area contributed by atoms with E-state index in [0.29, 0.717) is 24.3 Å². The highest BCUT2D eigenvalue weighted by molar-refractivity contribution is 5.71. The van der Waals surface area contributed by atoms with Crippen LogP contribution >= 0.6 is 0 Å². The minimum Gasteiger partial charge on any atom is -0.481 e. The summed E-state index contributed by atoms with van der Waals surface area (Å²) in [5, 5.41) is 13.3. The summed E-state index contributed by atoms with van der Waals surface area (Å²) in [6, 6.07) is 0.492. The minimum absolute atomic E-state index is 0.133. The first kappa shape index (κ1) is 13.5. The van der Waals surface area contributed by atoms with Crippen LogP contribution in [0.25, 0.3) is 0 Å². The van der Waals surface area contributed by atoms with E-state index in [1.54, 1.807) is 0 Å². The molecule has 110 valence electrons. The number of carboxylic acids is 1. The first-order valence-corrected chi connectivity index (χ1v) is 7.18. The van der Waals surface area contributed by atoms with Crippen molar-refractivity contribution in [3.63, 3.8) is 0 Å². The average Bonchev–Trinajstić information content (AvgIpc) is 3.04. The summed E-state index contributed by atoms with van der Waals surface area (Å²) in [6.07, 6.45) is 2.80. The van der Waals surface area contributed by atoms with Gasteiger partial charge in [-0.05, 0) is 19.3 Å². The van der Waals surface area contributed by atoms with Crippen molar-refractivity contribution in [2.75, 3.05) is 0 Å². The second kappa shape index (κ2) is 4.55. The molecule has 2 aliphatic heterocycles. The van der Waals surface area contributed by atoms with Gasteiger partial charge in [-0.15, -0.1) is 0 Å². The Bertz CT molecular complexity index is 520. The molecule has 6 nitrogen and oxygen atoms in total. The Labute approximate surface area is 118 Å². The van der Waals surface area contributed by atoms with Crippen molar-refractivity contribution in [1.82, 2.24) is 15.0 Å². The Morgan fingerprint density at radius 1 is 1.45 bits per heavy atom. The molecule has 2 saturated heterocycles. The van der Waals surface area contributed by atoms with E-state index in [1.165, 1.54) is 0 Å². The molecule has 2 bridgehead atoms. The molecule has 2 aliphatic rings. The molecule has 20 heavy (non-hydrogen) atoms. The lowest BCUT2D eigenvalue weighted by Crippen LogP contribution is -2.32. The van der Waals surface area contributed by atoms with Crippen LogP contribution in [0.4, 0.5) is 0 Å². The van der Waals surface area contributed by atoms with Gasteiger partial charge >= 0.3 is 5.97 Å². The second-order valence-corrected chi connectivity index (χ2v) is 6.92. The van der Waals surface area contributed by atoms with Gasteiger partial charge in [-0.2, -0.15) is 4.98 Å². The highest BCUT2D eigenvalue weighted by Gasteiger charge is 2.49. The third-order valence-electron chi connectivity index (χ3n) is 4.43. The normalized spacial score (nSPS) is 30.1. The maximum absolute atomic E-state index is 11.2. The van der Waals surface area contributed by atoms with Gasteiger partial charge in [0.1, 0.15) is 0 Å². The van der Waals surface area contributed by atoms with E-state index in [1.807, 2.05) is 20.8 Å². The summed E-state index contributed by atoms with van der Waals surface area (Å²) < 4.78 is 5.30. The maximum Gasteiger partial charge on any atom is 0.308 e. The first-order chi connectivity index (χ1) is 9.36. The molecule has 0 amide bonds. The molecule has 3 atom stereocenters. The van der Waals surface area contributed by atoms with Crippen LogP contribution in [0.1, 0.15) is 51.7 Å².